The van der Waals surface area contributed by atoms with E-state index in [4.69, 9.17) is 8.83 Å². The van der Waals surface area contributed by atoms with Gasteiger partial charge in [-0.05, 0) is 67.2 Å². The van der Waals surface area contributed by atoms with Gasteiger partial charge in [-0.1, -0.05) is 127 Å². The highest BCUT2D eigenvalue weighted by Crippen LogP contribution is 2.48. The van der Waals surface area contributed by atoms with Gasteiger partial charge in [0.15, 0.2) is 0 Å². The van der Waals surface area contributed by atoms with E-state index in [0.717, 1.165) is 49.8 Å². The van der Waals surface area contributed by atoms with Gasteiger partial charge in [-0.3, -0.25) is 0 Å². The van der Waals surface area contributed by atoms with Gasteiger partial charge in [-0.25, -0.2) is 0 Å². The highest BCUT2D eigenvalue weighted by molar-refractivity contribution is 6.29. The lowest BCUT2D eigenvalue weighted by molar-refractivity contribution is 0.632. The topological polar surface area (TPSA) is 26.3 Å². The lowest BCUT2D eigenvalue weighted by Gasteiger charge is -2.17. The minimum atomic E-state index is 0.898. The summed E-state index contributed by atoms with van der Waals surface area (Å²) >= 11 is 0. The van der Waals surface area contributed by atoms with Crippen LogP contribution in [0.1, 0.15) is 0 Å². The van der Waals surface area contributed by atoms with Crippen molar-refractivity contribution in [3.63, 3.8) is 0 Å². The van der Waals surface area contributed by atoms with E-state index in [1.54, 1.807) is 0 Å². The number of benzene rings is 8. The van der Waals surface area contributed by atoms with Gasteiger partial charge >= 0.3 is 0 Å². The maximum absolute atomic E-state index is 6.57. The normalized spacial score (nSPS) is 12.1. The molecule has 0 saturated heterocycles. The van der Waals surface area contributed by atoms with Gasteiger partial charge in [-0.2, -0.15) is 0 Å². The highest BCUT2D eigenvalue weighted by Gasteiger charge is 2.22. The minimum Gasteiger partial charge on any atom is -0.456 e. The number of fused-ring (bicyclic) bond motifs is 4. The summed E-state index contributed by atoms with van der Waals surface area (Å²) in [5, 5.41) is 11.0. The van der Waals surface area contributed by atoms with Crippen LogP contribution in [-0.4, -0.2) is 0 Å². The first-order valence-electron chi connectivity index (χ1n) is 15.0. The van der Waals surface area contributed by atoms with Crippen molar-refractivity contribution in [2.24, 2.45) is 0 Å². The van der Waals surface area contributed by atoms with Crippen molar-refractivity contribution in [3.8, 4) is 33.6 Å². The van der Waals surface area contributed by atoms with Crippen LogP contribution >= 0.6 is 0 Å². The number of rotatable bonds is 3. The molecule has 0 amide bonds. The van der Waals surface area contributed by atoms with Crippen LogP contribution in [0.2, 0.25) is 0 Å². The Morgan fingerprint density at radius 2 is 0.909 bits per heavy atom. The second-order valence-electron chi connectivity index (χ2n) is 11.6. The van der Waals surface area contributed by atoms with Crippen LogP contribution in [-0.2, 0) is 0 Å². The van der Waals surface area contributed by atoms with E-state index in [1.807, 2.05) is 24.3 Å². The van der Waals surface area contributed by atoms with Crippen molar-refractivity contribution in [2.45, 2.75) is 0 Å². The van der Waals surface area contributed by atoms with E-state index in [1.165, 1.54) is 49.0 Å². The summed E-state index contributed by atoms with van der Waals surface area (Å²) in [4.78, 5) is 0. The zero-order valence-electron chi connectivity index (χ0n) is 23.7. The predicted molar refractivity (Wildman–Crippen MR) is 184 cm³/mol. The van der Waals surface area contributed by atoms with Gasteiger partial charge in [0, 0.05) is 27.3 Å². The van der Waals surface area contributed by atoms with Crippen LogP contribution in [0.15, 0.2) is 154 Å². The SMILES string of the molecule is c1ccc(-c2oc3ccccc3c2-c2ccc3ccc4c(-c5cccc6oc7ccccc7c56)ccc5ccc2c3c54)cc1. The van der Waals surface area contributed by atoms with Crippen molar-refractivity contribution in [2.75, 3.05) is 0 Å². The summed E-state index contributed by atoms with van der Waals surface area (Å²) in [5.74, 6) is 0.904. The first-order chi connectivity index (χ1) is 21.8. The maximum atomic E-state index is 6.57. The molecule has 10 aromatic rings. The molecule has 2 aromatic heterocycles. The average Bonchev–Trinajstić information content (AvgIpc) is 3.66. The van der Waals surface area contributed by atoms with Crippen LogP contribution in [0.5, 0.6) is 0 Å². The maximum Gasteiger partial charge on any atom is 0.143 e. The fraction of sp³-hybridized carbons (Fsp3) is 0. The summed E-state index contributed by atoms with van der Waals surface area (Å²) < 4.78 is 12.8. The number of furan rings is 2. The van der Waals surface area contributed by atoms with Crippen LogP contribution in [0.4, 0.5) is 0 Å². The summed E-state index contributed by atoms with van der Waals surface area (Å²) in [6.45, 7) is 0. The Labute approximate surface area is 252 Å². The largest absolute Gasteiger partial charge is 0.456 e. The molecular weight excluding hydrogens is 536 g/mol. The quantitative estimate of drug-likeness (QED) is 0.201. The summed E-state index contributed by atoms with van der Waals surface area (Å²) in [6, 6.07) is 51.8. The Balaban J connectivity index is 1.30. The lowest BCUT2D eigenvalue weighted by atomic mass is 9.86. The Morgan fingerprint density at radius 1 is 0.318 bits per heavy atom. The molecule has 2 heterocycles. The van der Waals surface area contributed by atoms with E-state index >= 15 is 0 Å². The monoisotopic (exact) mass is 560 g/mol. The first kappa shape index (κ1) is 23.7. The Hall–Kier alpha value is -5.86. The fourth-order valence-electron chi connectivity index (χ4n) is 7.36. The van der Waals surface area contributed by atoms with Gasteiger partial charge in [-0.15, -0.1) is 0 Å². The fourth-order valence-corrected chi connectivity index (χ4v) is 7.36. The molecule has 0 aliphatic heterocycles. The molecule has 44 heavy (non-hydrogen) atoms. The minimum absolute atomic E-state index is 0.898. The molecule has 0 aliphatic carbocycles. The second-order valence-corrected chi connectivity index (χ2v) is 11.6. The second kappa shape index (κ2) is 8.82. The lowest BCUT2D eigenvalue weighted by Crippen LogP contribution is -1.90. The van der Waals surface area contributed by atoms with Crippen molar-refractivity contribution in [1.29, 1.82) is 0 Å². The number of para-hydroxylation sites is 2. The van der Waals surface area contributed by atoms with Gasteiger partial charge in [0.25, 0.3) is 0 Å². The average molecular weight is 561 g/mol. The third-order valence-corrected chi connectivity index (χ3v) is 9.26. The van der Waals surface area contributed by atoms with E-state index < -0.39 is 0 Å². The van der Waals surface area contributed by atoms with E-state index in [2.05, 4.69) is 121 Å². The van der Waals surface area contributed by atoms with Crippen LogP contribution < -0.4 is 0 Å². The molecule has 0 fully saturated rings. The summed E-state index contributed by atoms with van der Waals surface area (Å²) in [5.41, 5.74) is 8.53. The van der Waals surface area contributed by atoms with Crippen LogP contribution in [0.3, 0.4) is 0 Å². The molecule has 0 saturated carbocycles. The van der Waals surface area contributed by atoms with E-state index in [-0.39, 0.29) is 0 Å². The zero-order chi connectivity index (χ0) is 28.8. The third-order valence-electron chi connectivity index (χ3n) is 9.26. The molecule has 0 atom stereocenters. The number of hydrogen-bond acceptors (Lipinski definition) is 2. The molecule has 0 aliphatic rings. The Kier molecular flexibility index (Phi) is 4.75. The van der Waals surface area contributed by atoms with Gasteiger partial charge < -0.3 is 8.83 Å². The molecule has 204 valence electrons. The van der Waals surface area contributed by atoms with E-state index in [9.17, 15) is 0 Å². The summed E-state index contributed by atoms with van der Waals surface area (Å²) in [7, 11) is 0. The number of hydrogen-bond donors (Lipinski definition) is 0. The van der Waals surface area contributed by atoms with Crippen LogP contribution in [0, 0.1) is 0 Å². The molecule has 2 nitrogen and oxygen atoms in total. The zero-order valence-corrected chi connectivity index (χ0v) is 23.7. The molecule has 8 aromatic carbocycles. The Morgan fingerprint density at radius 3 is 1.68 bits per heavy atom. The molecule has 0 spiro atoms. The van der Waals surface area contributed by atoms with Gasteiger partial charge in [0.2, 0.25) is 0 Å². The molecular formula is C42H24O2. The first-order valence-corrected chi connectivity index (χ1v) is 15.0. The predicted octanol–water partition coefficient (Wildman–Crippen LogP) is 12.2. The molecule has 0 bridgehead atoms. The van der Waals surface area contributed by atoms with Crippen LogP contribution in [0.25, 0.3) is 98.8 Å². The standard InChI is InChI=1S/C42H24O2/c1-2-9-27(10-3-1)42-41(34-12-5-7-15-36(34)44-42)32-24-20-26-18-22-30-28(21-17-25-19-23-31(32)39(26)38(25)30)29-13-8-16-37-40(29)33-11-4-6-14-35(33)43-37/h1-24H. The molecule has 0 N–H and O–H groups in total. The molecule has 10 rings (SSSR count). The third kappa shape index (κ3) is 3.20. The summed E-state index contributed by atoms with van der Waals surface area (Å²) in [6.07, 6.45) is 0. The van der Waals surface area contributed by atoms with Crippen molar-refractivity contribution in [1.82, 2.24) is 0 Å². The molecule has 2 heteroatoms. The highest BCUT2D eigenvalue weighted by atomic mass is 16.3. The molecule has 0 radical (unpaired) electrons. The van der Waals surface area contributed by atoms with Crippen molar-refractivity contribution >= 4 is 65.2 Å². The van der Waals surface area contributed by atoms with Gasteiger partial charge in [0.1, 0.15) is 22.5 Å². The molecule has 0 unspecified atom stereocenters. The Bertz CT molecular complexity index is 2710. The van der Waals surface area contributed by atoms with E-state index in [0.29, 0.717) is 0 Å². The van der Waals surface area contributed by atoms with Gasteiger partial charge in [0.05, 0.1) is 0 Å². The van der Waals surface area contributed by atoms with Crippen molar-refractivity contribution < 1.29 is 8.83 Å². The van der Waals surface area contributed by atoms with Crippen molar-refractivity contribution in [3.05, 3.63) is 146 Å². The smallest absolute Gasteiger partial charge is 0.143 e.